The molecule has 0 atom stereocenters. The first-order valence-corrected chi connectivity index (χ1v) is 6.92. The van der Waals surface area contributed by atoms with Crippen molar-refractivity contribution in [2.75, 3.05) is 0 Å². The van der Waals surface area contributed by atoms with Gasteiger partial charge in [-0.3, -0.25) is 4.79 Å². The molecule has 1 aliphatic heterocycles. The van der Waals surface area contributed by atoms with E-state index in [0.29, 0.717) is 18.0 Å². The van der Waals surface area contributed by atoms with E-state index in [-0.39, 0.29) is 5.91 Å². The van der Waals surface area contributed by atoms with Crippen LogP contribution in [0.2, 0.25) is 0 Å². The van der Waals surface area contributed by atoms with E-state index >= 15 is 0 Å². The molecule has 21 heavy (non-hydrogen) atoms. The van der Waals surface area contributed by atoms with Crippen molar-refractivity contribution in [3.8, 4) is 0 Å². The third kappa shape index (κ3) is 3.26. The fourth-order valence-corrected chi connectivity index (χ4v) is 2.21. The maximum absolute atomic E-state index is 12.0. The van der Waals surface area contributed by atoms with Crippen LogP contribution in [0.3, 0.4) is 0 Å². The van der Waals surface area contributed by atoms with Gasteiger partial charge in [0.25, 0.3) is 5.91 Å². The Labute approximate surface area is 124 Å². The van der Waals surface area contributed by atoms with Crippen molar-refractivity contribution in [1.82, 2.24) is 5.32 Å². The molecule has 0 aliphatic carbocycles. The summed E-state index contributed by atoms with van der Waals surface area (Å²) in [6, 6.07) is 18.0. The highest BCUT2D eigenvalue weighted by atomic mass is 16.2. The average molecular weight is 276 g/mol. The molecule has 0 saturated carbocycles. The second-order valence-electron chi connectivity index (χ2n) is 5.12. The number of aliphatic imine (C=N–C) groups is 1. The van der Waals surface area contributed by atoms with Crippen molar-refractivity contribution in [1.29, 1.82) is 0 Å². The topological polar surface area (TPSA) is 41.5 Å². The first kappa shape index (κ1) is 13.3. The molecule has 1 heterocycles. The second kappa shape index (κ2) is 5.75. The molecule has 0 saturated heterocycles. The van der Waals surface area contributed by atoms with E-state index in [4.69, 9.17) is 0 Å². The van der Waals surface area contributed by atoms with Gasteiger partial charge in [-0.1, -0.05) is 60.2 Å². The fourth-order valence-electron chi connectivity index (χ4n) is 2.21. The smallest absolute Gasteiger partial charge is 0.275 e. The molecule has 0 radical (unpaired) electrons. The number of amidine groups is 1. The summed E-state index contributed by atoms with van der Waals surface area (Å²) in [6.07, 6.45) is 2.45. The summed E-state index contributed by atoms with van der Waals surface area (Å²) >= 11 is 0. The summed E-state index contributed by atoms with van der Waals surface area (Å²) in [5.41, 5.74) is 3.77. The van der Waals surface area contributed by atoms with Crippen LogP contribution in [-0.4, -0.2) is 11.7 Å². The minimum absolute atomic E-state index is 0.137. The highest BCUT2D eigenvalue weighted by Crippen LogP contribution is 2.14. The zero-order valence-electron chi connectivity index (χ0n) is 11.8. The lowest BCUT2D eigenvalue weighted by molar-refractivity contribution is -0.115. The number of carbonyl (C=O) groups excluding carboxylic acids is 1. The van der Waals surface area contributed by atoms with Gasteiger partial charge in [0.1, 0.15) is 11.5 Å². The van der Waals surface area contributed by atoms with Crippen molar-refractivity contribution in [2.24, 2.45) is 4.99 Å². The van der Waals surface area contributed by atoms with Crippen molar-refractivity contribution >= 4 is 17.8 Å². The number of hydrogen-bond acceptors (Lipinski definition) is 2. The monoisotopic (exact) mass is 276 g/mol. The Morgan fingerprint density at radius 2 is 1.76 bits per heavy atom. The molecule has 3 rings (SSSR count). The normalized spacial score (nSPS) is 16.0. The lowest BCUT2D eigenvalue weighted by atomic mass is 10.1. The van der Waals surface area contributed by atoms with Gasteiger partial charge in [-0.15, -0.1) is 0 Å². The van der Waals surface area contributed by atoms with Gasteiger partial charge in [0.2, 0.25) is 0 Å². The van der Waals surface area contributed by atoms with Crippen LogP contribution < -0.4 is 5.32 Å². The lowest BCUT2D eigenvalue weighted by Gasteiger charge is -1.99. The van der Waals surface area contributed by atoms with Gasteiger partial charge >= 0.3 is 0 Å². The minimum Gasteiger partial charge on any atom is -0.308 e. The number of hydrogen-bond donors (Lipinski definition) is 1. The third-order valence-electron chi connectivity index (χ3n) is 3.34. The van der Waals surface area contributed by atoms with Gasteiger partial charge in [-0.25, -0.2) is 4.99 Å². The number of benzene rings is 2. The Balaban J connectivity index is 1.80. The summed E-state index contributed by atoms with van der Waals surface area (Å²) in [4.78, 5) is 16.4. The lowest BCUT2D eigenvalue weighted by Crippen LogP contribution is -2.25. The number of amides is 1. The molecule has 1 aliphatic rings. The van der Waals surface area contributed by atoms with Crippen molar-refractivity contribution in [3.63, 3.8) is 0 Å². The molecule has 104 valence electrons. The molecule has 2 aromatic carbocycles. The molecule has 0 fully saturated rings. The van der Waals surface area contributed by atoms with Crippen LogP contribution in [0, 0.1) is 6.92 Å². The van der Waals surface area contributed by atoms with E-state index in [2.05, 4.69) is 10.3 Å². The summed E-state index contributed by atoms with van der Waals surface area (Å²) in [7, 11) is 0. The van der Waals surface area contributed by atoms with Crippen molar-refractivity contribution < 1.29 is 4.79 Å². The van der Waals surface area contributed by atoms with Gasteiger partial charge in [0.05, 0.1) is 0 Å². The Kier molecular flexibility index (Phi) is 3.65. The zero-order chi connectivity index (χ0) is 14.7. The molecule has 3 nitrogen and oxygen atoms in total. The summed E-state index contributed by atoms with van der Waals surface area (Å²) in [5.74, 6) is 0.561. The molecule has 0 spiro atoms. The van der Waals surface area contributed by atoms with E-state index in [1.165, 1.54) is 5.56 Å². The highest BCUT2D eigenvalue weighted by Gasteiger charge is 2.19. The maximum Gasteiger partial charge on any atom is 0.275 e. The van der Waals surface area contributed by atoms with E-state index in [9.17, 15) is 4.79 Å². The molecule has 2 aromatic rings. The molecular formula is C18H16N2O. The number of nitrogens with one attached hydrogen (secondary N) is 1. The highest BCUT2D eigenvalue weighted by molar-refractivity contribution is 6.14. The molecular weight excluding hydrogens is 260 g/mol. The van der Waals surface area contributed by atoms with E-state index in [1.807, 2.05) is 67.6 Å². The van der Waals surface area contributed by atoms with Crippen LogP contribution in [0.15, 0.2) is 65.3 Å². The van der Waals surface area contributed by atoms with Gasteiger partial charge in [0, 0.05) is 6.42 Å². The quantitative estimate of drug-likeness (QED) is 0.860. The maximum atomic E-state index is 12.0. The number of nitrogens with zero attached hydrogens (tertiary/aromatic N) is 1. The number of aryl methyl sites for hydroxylation is 1. The Morgan fingerprint density at radius 3 is 2.48 bits per heavy atom. The summed E-state index contributed by atoms with van der Waals surface area (Å²) in [6.45, 7) is 2.04. The fraction of sp³-hybridized carbons (Fsp3) is 0.111. The van der Waals surface area contributed by atoms with Crippen LogP contribution in [-0.2, 0) is 11.2 Å². The third-order valence-corrected chi connectivity index (χ3v) is 3.34. The van der Waals surface area contributed by atoms with Gasteiger partial charge in [-0.05, 0) is 24.1 Å². The first-order valence-electron chi connectivity index (χ1n) is 6.92. The van der Waals surface area contributed by atoms with Crippen LogP contribution in [0.5, 0.6) is 0 Å². The van der Waals surface area contributed by atoms with Gasteiger partial charge < -0.3 is 5.32 Å². The second-order valence-corrected chi connectivity index (χ2v) is 5.12. The van der Waals surface area contributed by atoms with E-state index in [0.717, 1.165) is 11.1 Å². The minimum atomic E-state index is -0.137. The summed E-state index contributed by atoms with van der Waals surface area (Å²) < 4.78 is 0. The first-order chi connectivity index (χ1) is 10.2. The molecule has 1 amide bonds. The molecule has 0 unspecified atom stereocenters. The van der Waals surface area contributed by atoms with Crippen molar-refractivity contribution in [3.05, 3.63) is 77.0 Å². The van der Waals surface area contributed by atoms with E-state index < -0.39 is 0 Å². The van der Waals surface area contributed by atoms with Crippen LogP contribution >= 0.6 is 0 Å². The molecule has 0 aromatic heterocycles. The Bertz CT molecular complexity index is 713. The zero-order valence-corrected chi connectivity index (χ0v) is 11.8. The van der Waals surface area contributed by atoms with Crippen LogP contribution in [0.25, 0.3) is 6.08 Å². The van der Waals surface area contributed by atoms with Gasteiger partial charge in [0.15, 0.2) is 0 Å². The summed E-state index contributed by atoms with van der Waals surface area (Å²) in [5, 5.41) is 2.83. The molecule has 3 heteroatoms. The van der Waals surface area contributed by atoms with E-state index in [1.54, 1.807) is 0 Å². The predicted octanol–water partition coefficient (Wildman–Crippen LogP) is 3.11. The largest absolute Gasteiger partial charge is 0.308 e. The SMILES string of the molecule is Cc1ccc(/C=C2/N=C(Cc3ccccc3)NC2=O)cc1. The average Bonchev–Trinajstić information content (AvgIpc) is 2.82. The van der Waals surface area contributed by atoms with Crippen LogP contribution in [0.4, 0.5) is 0 Å². The molecule has 0 bridgehead atoms. The van der Waals surface area contributed by atoms with Crippen LogP contribution in [0.1, 0.15) is 16.7 Å². The van der Waals surface area contributed by atoms with Gasteiger partial charge in [-0.2, -0.15) is 0 Å². The Hall–Kier alpha value is -2.68. The number of rotatable bonds is 3. The predicted molar refractivity (Wildman–Crippen MR) is 84.9 cm³/mol. The standard InChI is InChI=1S/C18H16N2O/c1-13-7-9-15(10-8-13)11-16-18(21)20-17(19-16)12-14-5-3-2-4-6-14/h2-11H,12H2,1H3,(H,19,20,21)/b16-11+. The molecule has 1 N–H and O–H groups in total. The number of carbonyl (C=O) groups is 1. The Morgan fingerprint density at radius 1 is 1.05 bits per heavy atom. The van der Waals surface area contributed by atoms with Crippen molar-refractivity contribution in [2.45, 2.75) is 13.3 Å².